The lowest BCUT2D eigenvalue weighted by Gasteiger charge is -2.09. The lowest BCUT2D eigenvalue weighted by Crippen LogP contribution is -2.06. The zero-order valence-electron chi connectivity index (χ0n) is 11.2. The van der Waals surface area contributed by atoms with Crippen LogP contribution in [-0.2, 0) is 6.54 Å². The van der Waals surface area contributed by atoms with E-state index in [2.05, 4.69) is 0 Å². The first-order chi connectivity index (χ1) is 9.40. The van der Waals surface area contributed by atoms with Crippen molar-refractivity contribution in [2.75, 3.05) is 0 Å². The minimum absolute atomic E-state index is 0.0425. The number of carboxylic acids is 1. The highest BCUT2D eigenvalue weighted by atomic mass is 16.6. The van der Waals surface area contributed by atoms with E-state index in [0.717, 1.165) is 11.3 Å². The number of aryl methyl sites for hydroxylation is 1. The maximum absolute atomic E-state index is 11.1. The minimum Gasteiger partial charge on any atom is -0.478 e. The van der Waals surface area contributed by atoms with Gasteiger partial charge >= 0.3 is 5.97 Å². The molecule has 1 heterocycles. The second kappa shape index (κ2) is 5.16. The lowest BCUT2D eigenvalue weighted by molar-refractivity contribution is -0.384. The van der Waals surface area contributed by atoms with E-state index in [0.29, 0.717) is 12.2 Å². The van der Waals surface area contributed by atoms with Crippen LogP contribution < -0.4 is 0 Å². The van der Waals surface area contributed by atoms with Crippen LogP contribution in [0.3, 0.4) is 0 Å². The van der Waals surface area contributed by atoms with Gasteiger partial charge in [0.1, 0.15) is 0 Å². The molecule has 0 aliphatic heterocycles. The van der Waals surface area contributed by atoms with Crippen molar-refractivity contribution < 1.29 is 14.8 Å². The first-order valence-corrected chi connectivity index (χ1v) is 6.03. The van der Waals surface area contributed by atoms with Gasteiger partial charge in [0.05, 0.1) is 10.5 Å². The molecule has 104 valence electrons. The van der Waals surface area contributed by atoms with Crippen LogP contribution in [0.1, 0.15) is 27.3 Å². The largest absolute Gasteiger partial charge is 0.478 e. The van der Waals surface area contributed by atoms with Crippen molar-refractivity contribution in [3.63, 3.8) is 0 Å². The molecule has 0 aliphatic rings. The molecule has 1 N–H and O–H groups in total. The number of nitro groups is 1. The molecule has 0 atom stereocenters. The molecule has 2 rings (SSSR count). The number of aromatic carboxylic acids is 1. The molecule has 6 heteroatoms. The molecule has 0 aliphatic carbocycles. The van der Waals surface area contributed by atoms with Crippen molar-refractivity contribution in [3.8, 4) is 0 Å². The Bertz CT molecular complexity index is 671. The molecular weight excluding hydrogens is 260 g/mol. The van der Waals surface area contributed by atoms with E-state index in [9.17, 15) is 14.9 Å². The zero-order valence-corrected chi connectivity index (χ0v) is 11.2. The molecule has 1 aromatic carbocycles. The zero-order chi connectivity index (χ0) is 14.9. The van der Waals surface area contributed by atoms with Gasteiger partial charge in [0, 0.05) is 30.1 Å². The van der Waals surface area contributed by atoms with Gasteiger partial charge in [0.15, 0.2) is 0 Å². The number of carboxylic acid groups (broad SMARTS) is 1. The molecule has 0 radical (unpaired) electrons. The van der Waals surface area contributed by atoms with Gasteiger partial charge in [-0.2, -0.15) is 0 Å². The van der Waals surface area contributed by atoms with Crippen LogP contribution in [0.5, 0.6) is 0 Å². The summed E-state index contributed by atoms with van der Waals surface area (Å²) < 4.78 is 1.88. The summed E-state index contributed by atoms with van der Waals surface area (Å²) in [6.07, 6.45) is 0. The molecule has 2 aromatic rings. The number of carbonyl (C=O) groups is 1. The van der Waals surface area contributed by atoms with Crippen molar-refractivity contribution in [2.24, 2.45) is 0 Å². The summed E-state index contributed by atoms with van der Waals surface area (Å²) in [5.41, 5.74) is 2.73. The van der Waals surface area contributed by atoms with Crippen molar-refractivity contribution in [2.45, 2.75) is 20.4 Å². The predicted molar refractivity (Wildman–Crippen MR) is 73.1 cm³/mol. The third kappa shape index (κ3) is 2.54. The number of rotatable bonds is 4. The summed E-state index contributed by atoms with van der Waals surface area (Å²) in [6, 6.07) is 7.88. The molecule has 1 aromatic heterocycles. The van der Waals surface area contributed by atoms with Crippen LogP contribution in [0.25, 0.3) is 0 Å². The number of nitrogens with zero attached hydrogens (tertiary/aromatic N) is 2. The molecule has 0 amide bonds. The molecule has 0 fully saturated rings. The van der Waals surface area contributed by atoms with E-state index >= 15 is 0 Å². The Morgan fingerprint density at radius 3 is 2.35 bits per heavy atom. The predicted octanol–water partition coefficient (Wildman–Crippen LogP) is 2.76. The van der Waals surface area contributed by atoms with E-state index in [-0.39, 0.29) is 11.3 Å². The molecule has 20 heavy (non-hydrogen) atoms. The topological polar surface area (TPSA) is 85.4 Å². The van der Waals surface area contributed by atoms with Gasteiger partial charge < -0.3 is 9.67 Å². The number of non-ortho nitro benzene ring substituents is 1. The Balaban J connectivity index is 2.30. The maximum Gasteiger partial charge on any atom is 0.337 e. The number of nitro benzene ring substituents is 1. The molecule has 0 bridgehead atoms. The molecular formula is C14H14N2O4. The van der Waals surface area contributed by atoms with Gasteiger partial charge in [-0.1, -0.05) is 12.1 Å². The van der Waals surface area contributed by atoms with Gasteiger partial charge in [-0.25, -0.2) is 4.79 Å². The van der Waals surface area contributed by atoms with Crippen LogP contribution in [0.15, 0.2) is 30.3 Å². The second-order valence-electron chi connectivity index (χ2n) is 4.60. The summed E-state index contributed by atoms with van der Waals surface area (Å²) in [5.74, 6) is -0.951. The van der Waals surface area contributed by atoms with E-state index in [1.165, 1.54) is 12.1 Å². The average Bonchev–Trinajstić information content (AvgIpc) is 2.67. The first kappa shape index (κ1) is 13.8. The van der Waals surface area contributed by atoms with Crippen LogP contribution in [0.4, 0.5) is 5.69 Å². The fraction of sp³-hybridized carbons (Fsp3) is 0.214. The quantitative estimate of drug-likeness (QED) is 0.686. The number of hydrogen-bond donors (Lipinski definition) is 1. The monoisotopic (exact) mass is 274 g/mol. The van der Waals surface area contributed by atoms with Crippen LogP contribution >= 0.6 is 0 Å². The van der Waals surface area contributed by atoms with Gasteiger partial charge in [-0.15, -0.1) is 0 Å². The highest BCUT2D eigenvalue weighted by Gasteiger charge is 2.14. The summed E-state index contributed by atoms with van der Waals surface area (Å²) in [7, 11) is 0. The van der Waals surface area contributed by atoms with Crippen molar-refractivity contribution in [1.82, 2.24) is 4.57 Å². The molecule has 0 spiro atoms. The smallest absolute Gasteiger partial charge is 0.337 e. The Kier molecular flexibility index (Phi) is 3.56. The summed E-state index contributed by atoms with van der Waals surface area (Å²) in [6.45, 7) is 4.08. The van der Waals surface area contributed by atoms with Gasteiger partial charge in [0.2, 0.25) is 0 Å². The van der Waals surface area contributed by atoms with Crippen molar-refractivity contribution in [3.05, 3.63) is 63.0 Å². The summed E-state index contributed by atoms with van der Waals surface area (Å²) >= 11 is 0. The van der Waals surface area contributed by atoms with Crippen LogP contribution in [-0.4, -0.2) is 20.6 Å². The SMILES string of the molecule is Cc1cc(C(=O)O)c(C)n1Cc1ccc([N+](=O)[O-])cc1. The van der Waals surface area contributed by atoms with Crippen molar-refractivity contribution in [1.29, 1.82) is 0 Å². The number of hydrogen-bond acceptors (Lipinski definition) is 3. The number of benzene rings is 1. The second-order valence-corrected chi connectivity index (χ2v) is 4.60. The minimum atomic E-state index is -0.951. The van der Waals surface area contributed by atoms with Gasteiger partial charge in [0.25, 0.3) is 5.69 Å². The maximum atomic E-state index is 11.1. The molecule has 0 saturated carbocycles. The van der Waals surface area contributed by atoms with Crippen LogP contribution in [0, 0.1) is 24.0 Å². The van der Waals surface area contributed by atoms with Crippen molar-refractivity contribution >= 4 is 11.7 Å². The third-order valence-electron chi connectivity index (χ3n) is 3.29. The van der Waals surface area contributed by atoms with Gasteiger partial charge in [-0.05, 0) is 25.5 Å². The fourth-order valence-corrected chi connectivity index (χ4v) is 2.17. The molecule has 0 unspecified atom stereocenters. The Labute approximate surface area is 115 Å². The normalized spacial score (nSPS) is 10.5. The number of aromatic nitrogens is 1. The lowest BCUT2D eigenvalue weighted by atomic mass is 10.2. The Hall–Kier alpha value is -2.63. The Morgan fingerprint density at radius 2 is 1.90 bits per heavy atom. The fourth-order valence-electron chi connectivity index (χ4n) is 2.17. The third-order valence-corrected chi connectivity index (χ3v) is 3.29. The van der Waals surface area contributed by atoms with E-state index in [1.807, 2.05) is 11.5 Å². The van der Waals surface area contributed by atoms with E-state index in [4.69, 9.17) is 5.11 Å². The average molecular weight is 274 g/mol. The summed E-state index contributed by atoms with van der Waals surface area (Å²) in [5, 5.41) is 19.7. The highest BCUT2D eigenvalue weighted by Crippen LogP contribution is 2.18. The summed E-state index contributed by atoms with van der Waals surface area (Å²) in [4.78, 5) is 21.2. The van der Waals surface area contributed by atoms with E-state index in [1.54, 1.807) is 25.1 Å². The Morgan fingerprint density at radius 1 is 1.30 bits per heavy atom. The molecule has 0 saturated heterocycles. The van der Waals surface area contributed by atoms with Crippen LogP contribution in [0.2, 0.25) is 0 Å². The highest BCUT2D eigenvalue weighted by molar-refractivity contribution is 5.89. The first-order valence-electron chi connectivity index (χ1n) is 6.03. The van der Waals surface area contributed by atoms with E-state index < -0.39 is 10.9 Å². The molecule has 6 nitrogen and oxygen atoms in total. The standard InChI is InChI=1S/C14H14N2O4/c1-9-7-13(14(17)18)10(2)15(9)8-11-3-5-12(6-4-11)16(19)20/h3-7H,8H2,1-2H3,(H,17,18). The van der Waals surface area contributed by atoms with Gasteiger partial charge in [-0.3, -0.25) is 10.1 Å².